The number of hydrogen-bond acceptors (Lipinski definition) is 3. The van der Waals surface area contributed by atoms with E-state index < -0.39 is 0 Å². The number of hydrogen-bond donors (Lipinski definition) is 2. The third kappa shape index (κ3) is 2.99. The maximum Gasteiger partial charge on any atom is 0.0765 e. The zero-order chi connectivity index (χ0) is 13.2. The normalized spacial score (nSPS) is 25.2. The highest BCUT2D eigenvalue weighted by molar-refractivity contribution is 5.21. The third-order valence-electron chi connectivity index (χ3n) is 4.46. The van der Waals surface area contributed by atoms with Gasteiger partial charge in [-0.25, -0.2) is 0 Å². The second kappa shape index (κ2) is 5.61. The zero-order valence-electron chi connectivity index (χ0n) is 11.3. The highest BCUT2D eigenvalue weighted by atomic mass is 16.3. The lowest BCUT2D eigenvalue weighted by Crippen LogP contribution is -2.43. The molecule has 0 radical (unpaired) electrons. The molecule has 3 heteroatoms. The highest BCUT2D eigenvalue weighted by Gasteiger charge is 2.39. The van der Waals surface area contributed by atoms with Crippen molar-refractivity contribution in [2.45, 2.75) is 43.9 Å². The Morgan fingerprint density at radius 1 is 1.00 bits per heavy atom. The Morgan fingerprint density at radius 3 is 2.21 bits per heavy atom. The lowest BCUT2D eigenvalue weighted by molar-refractivity contribution is -0.00216. The number of aliphatic hydroxyl groups is 2. The quantitative estimate of drug-likeness (QED) is 0.870. The van der Waals surface area contributed by atoms with E-state index in [1.807, 2.05) is 18.2 Å². The monoisotopic (exact) mass is 261 g/mol. The standard InChI is InChI=1S/C16H23NO2/c18-14-8-10-17(11-9-14)15(16(19)13-6-7-13)12-4-2-1-3-5-12/h1-5,13-16,18-19H,6-11H2/t15-,16?/m1/s1. The Balaban J connectivity index is 1.79. The molecule has 1 unspecified atom stereocenters. The van der Waals surface area contributed by atoms with Crippen molar-refractivity contribution in [2.75, 3.05) is 13.1 Å². The summed E-state index contributed by atoms with van der Waals surface area (Å²) in [7, 11) is 0. The van der Waals surface area contributed by atoms with Crippen molar-refractivity contribution in [3.63, 3.8) is 0 Å². The smallest absolute Gasteiger partial charge is 0.0765 e. The van der Waals surface area contributed by atoms with E-state index in [4.69, 9.17) is 0 Å². The largest absolute Gasteiger partial charge is 0.393 e. The van der Waals surface area contributed by atoms with E-state index >= 15 is 0 Å². The molecular formula is C16H23NO2. The summed E-state index contributed by atoms with van der Waals surface area (Å²) in [6, 6.07) is 10.4. The van der Waals surface area contributed by atoms with Crippen molar-refractivity contribution in [3.8, 4) is 0 Å². The molecule has 3 rings (SSSR count). The van der Waals surface area contributed by atoms with E-state index in [-0.39, 0.29) is 18.2 Å². The molecule has 0 amide bonds. The minimum Gasteiger partial charge on any atom is -0.393 e. The Labute approximate surface area is 114 Å². The van der Waals surface area contributed by atoms with Crippen molar-refractivity contribution in [1.29, 1.82) is 0 Å². The summed E-state index contributed by atoms with van der Waals surface area (Å²) in [5.74, 6) is 0.469. The van der Waals surface area contributed by atoms with Gasteiger partial charge in [-0.2, -0.15) is 0 Å². The first-order valence-electron chi connectivity index (χ1n) is 7.41. The lowest BCUT2D eigenvalue weighted by Gasteiger charge is -2.39. The molecule has 1 heterocycles. The van der Waals surface area contributed by atoms with Gasteiger partial charge in [-0.05, 0) is 37.2 Å². The van der Waals surface area contributed by atoms with E-state index in [1.165, 1.54) is 5.56 Å². The molecule has 1 saturated heterocycles. The first kappa shape index (κ1) is 13.1. The predicted molar refractivity (Wildman–Crippen MR) is 74.7 cm³/mol. The van der Waals surface area contributed by atoms with Crippen molar-refractivity contribution in [3.05, 3.63) is 35.9 Å². The van der Waals surface area contributed by atoms with Gasteiger partial charge in [0.05, 0.1) is 18.2 Å². The fraction of sp³-hybridized carbons (Fsp3) is 0.625. The Hall–Kier alpha value is -0.900. The predicted octanol–water partition coefficient (Wildman–Crippen LogP) is 1.96. The molecule has 0 spiro atoms. The van der Waals surface area contributed by atoms with E-state index in [1.54, 1.807) is 0 Å². The van der Waals surface area contributed by atoms with Gasteiger partial charge in [0.25, 0.3) is 0 Å². The summed E-state index contributed by atoms with van der Waals surface area (Å²) in [6.45, 7) is 1.76. The van der Waals surface area contributed by atoms with Crippen LogP contribution >= 0.6 is 0 Å². The molecule has 2 aliphatic rings. The minimum atomic E-state index is -0.266. The number of likely N-dealkylation sites (tertiary alicyclic amines) is 1. The van der Waals surface area contributed by atoms with E-state index in [0.717, 1.165) is 38.8 Å². The SMILES string of the molecule is OC1CCN([C@H](c2ccccc2)C(O)C2CC2)CC1. The van der Waals surface area contributed by atoms with Crippen LogP contribution in [0.4, 0.5) is 0 Å². The van der Waals surface area contributed by atoms with Gasteiger partial charge in [-0.1, -0.05) is 30.3 Å². The van der Waals surface area contributed by atoms with Gasteiger partial charge in [0, 0.05) is 13.1 Å². The van der Waals surface area contributed by atoms with Crippen LogP contribution in [0.2, 0.25) is 0 Å². The maximum atomic E-state index is 10.6. The highest BCUT2D eigenvalue weighted by Crippen LogP contribution is 2.41. The van der Waals surface area contributed by atoms with E-state index in [2.05, 4.69) is 17.0 Å². The molecule has 1 aromatic rings. The van der Waals surface area contributed by atoms with Crippen LogP contribution in [0, 0.1) is 5.92 Å². The van der Waals surface area contributed by atoms with Crippen LogP contribution in [0.1, 0.15) is 37.3 Å². The molecular weight excluding hydrogens is 238 g/mol. The average molecular weight is 261 g/mol. The molecule has 3 nitrogen and oxygen atoms in total. The molecule has 2 fully saturated rings. The van der Waals surface area contributed by atoms with Crippen LogP contribution < -0.4 is 0 Å². The van der Waals surface area contributed by atoms with Crippen LogP contribution in [-0.2, 0) is 0 Å². The van der Waals surface area contributed by atoms with Crippen molar-refractivity contribution in [2.24, 2.45) is 5.92 Å². The van der Waals surface area contributed by atoms with Crippen LogP contribution in [0.15, 0.2) is 30.3 Å². The molecule has 2 atom stereocenters. The Kier molecular flexibility index (Phi) is 3.87. The van der Waals surface area contributed by atoms with Gasteiger partial charge < -0.3 is 10.2 Å². The number of rotatable bonds is 4. The number of nitrogens with zero attached hydrogens (tertiary/aromatic N) is 1. The first-order chi connectivity index (χ1) is 9.25. The van der Waals surface area contributed by atoms with Crippen LogP contribution in [0.3, 0.4) is 0 Å². The van der Waals surface area contributed by atoms with Gasteiger partial charge in [-0.15, -0.1) is 0 Å². The zero-order valence-corrected chi connectivity index (χ0v) is 11.3. The molecule has 104 valence electrons. The van der Waals surface area contributed by atoms with Crippen molar-refractivity contribution in [1.82, 2.24) is 4.90 Å². The molecule has 19 heavy (non-hydrogen) atoms. The van der Waals surface area contributed by atoms with Gasteiger partial charge in [0.15, 0.2) is 0 Å². The number of benzene rings is 1. The van der Waals surface area contributed by atoms with Crippen LogP contribution in [-0.4, -0.2) is 40.4 Å². The fourth-order valence-corrected chi connectivity index (χ4v) is 3.13. The topological polar surface area (TPSA) is 43.7 Å². The summed E-state index contributed by atoms with van der Waals surface area (Å²) < 4.78 is 0. The Bertz CT molecular complexity index is 396. The summed E-state index contributed by atoms with van der Waals surface area (Å²) in [5.41, 5.74) is 1.21. The fourth-order valence-electron chi connectivity index (χ4n) is 3.13. The van der Waals surface area contributed by atoms with Gasteiger partial charge in [0.1, 0.15) is 0 Å². The van der Waals surface area contributed by atoms with Gasteiger partial charge >= 0.3 is 0 Å². The number of aliphatic hydroxyl groups excluding tert-OH is 2. The molecule has 1 saturated carbocycles. The Morgan fingerprint density at radius 2 is 1.63 bits per heavy atom. The molecule has 2 N–H and O–H groups in total. The molecule has 1 aromatic carbocycles. The second-order valence-corrected chi connectivity index (χ2v) is 5.95. The van der Waals surface area contributed by atoms with E-state index in [0.29, 0.717) is 5.92 Å². The van der Waals surface area contributed by atoms with Gasteiger partial charge in [0.2, 0.25) is 0 Å². The summed E-state index contributed by atoms with van der Waals surface area (Å²) in [5, 5.41) is 20.3. The first-order valence-corrected chi connectivity index (χ1v) is 7.41. The molecule has 1 aliphatic carbocycles. The number of piperidine rings is 1. The third-order valence-corrected chi connectivity index (χ3v) is 4.46. The molecule has 0 aromatic heterocycles. The summed E-state index contributed by atoms with van der Waals surface area (Å²) >= 11 is 0. The maximum absolute atomic E-state index is 10.6. The van der Waals surface area contributed by atoms with Crippen LogP contribution in [0.25, 0.3) is 0 Å². The summed E-state index contributed by atoms with van der Waals surface area (Å²) in [4.78, 5) is 2.35. The van der Waals surface area contributed by atoms with Crippen LogP contribution in [0.5, 0.6) is 0 Å². The second-order valence-electron chi connectivity index (χ2n) is 5.95. The lowest BCUT2D eigenvalue weighted by atomic mass is 9.94. The van der Waals surface area contributed by atoms with Crippen molar-refractivity contribution >= 4 is 0 Å². The summed E-state index contributed by atoms with van der Waals surface area (Å²) in [6.07, 6.45) is 3.52. The molecule has 0 bridgehead atoms. The van der Waals surface area contributed by atoms with E-state index in [9.17, 15) is 10.2 Å². The molecule has 1 aliphatic heterocycles. The minimum absolute atomic E-state index is 0.0983. The average Bonchev–Trinajstić information content (AvgIpc) is 3.27. The van der Waals surface area contributed by atoms with Gasteiger partial charge in [-0.3, -0.25) is 4.90 Å². The van der Waals surface area contributed by atoms with Crippen molar-refractivity contribution < 1.29 is 10.2 Å².